The number of halogens is 1. The Bertz CT molecular complexity index is 998. The van der Waals surface area contributed by atoms with E-state index in [9.17, 15) is 0 Å². The molecule has 3 aromatic heterocycles. The standard InChI is InChI=1S/C16H12ClN7/c17-13-9-24-15(20-10-21-24)14(22-13)12-1-4-23(8-12)16(2-3-18)5-11(6-16)7-19/h1,4,8-11H,2,5-6H2/t11-,16-. The molecule has 118 valence electrons. The van der Waals surface area contributed by atoms with Gasteiger partial charge >= 0.3 is 0 Å². The van der Waals surface area contributed by atoms with Crippen LogP contribution in [0.1, 0.15) is 19.3 Å². The molecular formula is C16H12ClN7. The van der Waals surface area contributed by atoms with Gasteiger partial charge in [-0.1, -0.05) is 11.6 Å². The Labute approximate surface area is 142 Å². The molecule has 0 saturated heterocycles. The molecule has 1 fully saturated rings. The van der Waals surface area contributed by atoms with Gasteiger partial charge in [-0.3, -0.25) is 0 Å². The summed E-state index contributed by atoms with van der Waals surface area (Å²) in [6.07, 6.45) is 8.68. The van der Waals surface area contributed by atoms with Gasteiger partial charge in [-0.05, 0) is 18.9 Å². The van der Waals surface area contributed by atoms with E-state index < -0.39 is 0 Å². The topological polar surface area (TPSA) is 95.6 Å². The van der Waals surface area contributed by atoms with Crippen molar-refractivity contribution in [3.05, 3.63) is 36.1 Å². The summed E-state index contributed by atoms with van der Waals surface area (Å²) >= 11 is 6.07. The Morgan fingerprint density at radius 2 is 2.17 bits per heavy atom. The molecule has 0 radical (unpaired) electrons. The highest BCUT2D eigenvalue weighted by Crippen LogP contribution is 2.46. The van der Waals surface area contributed by atoms with Crippen LogP contribution < -0.4 is 0 Å². The molecule has 3 heterocycles. The number of nitrogens with zero attached hydrogens (tertiary/aromatic N) is 7. The van der Waals surface area contributed by atoms with Crippen molar-refractivity contribution in [2.75, 3.05) is 0 Å². The van der Waals surface area contributed by atoms with E-state index in [2.05, 4.69) is 27.2 Å². The Morgan fingerprint density at radius 1 is 1.33 bits per heavy atom. The molecule has 3 aromatic rings. The molecule has 7 nitrogen and oxygen atoms in total. The Balaban J connectivity index is 1.76. The van der Waals surface area contributed by atoms with E-state index in [0.717, 1.165) is 5.56 Å². The van der Waals surface area contributed by atoms with Crippen LogP contribution in [0.25, 0.3) is 16.9 Å². The normalized spacial score (nSPS) is 22.7. The molecule has 1 saturated carbocycles. The first kappa shape index (κ1) is 14.7. The quantitative estimate of drug-likeness (QED) is 0.732. The van der Waals surface area contributed by atoms with Crippen molar-refractivity contribution in [2.45, 2.75) is 24.8 Å². The average molecular weight is 338 g/mol. The lowest BCUT2D eigenvalue weighted by atomic mass is 9.67. The molecule has 0 spiro atoms. The lowest BCUT2D eigenvalue weighted by molar-refractivity contribution is 0.104. The van der Waals surface area contributed by atoms with Gasteiger partial charge in [0.25, 0.3) is 0 Å². The maximum Gasteiger partial charge on any atom is 0.181 e. The molecule has 0 N–H and O–H groups in total. The predicted molar refractivity (Wildman–Crippen MR) is 85.8 cm³/mol. The zero-order valence-corrected chi connectivity index (χ0v) is 13.3. The van der Waals surface area contributed by atoms with E-state index >= 15 is 0 Å². The lowest BCUT2D eigenvalue weighted by Gasteiger charge is -2.45. The molecule has 8 heteroatoms. The summed E-state index contributed by atoms with van der Waals surface area (Å²) in [4.78, 5) is 8.60. The second-order valence-electron chi connectivity index (χ2n) is 6.04. The van der Waals surface area contributed by atoms with Gasteiger partial charge in [-0.15, -0.1) is 0 Å². The summed E-state index contributed by atoms with van der Waals surface area (Å²) in [7, 11) is 0. The highest BCUT2D eigenvalue weighted by atomic mass is 35.5. The van der Waals surface area contributed by atoms with Crippen molar-refractivity contribution in [1.29, 1.82) is 10.5 Å². The molecule has 24 heavy (non-hydrogen) atoms. The average Bonchev–Trinajstić information content (AvgIpc) is 3.18. The minimum Gasteiger partial charge on any atom is -0.346 e. The van der Waals surface area contributed by atoms with Crippen molar-refractivity contribution < 1.29 is 0 Å². The van der Waals surface area contributed by atoms with E-state index in [0.29, 0.717) is 35.8 Å². The van der Waals surface area contributed by atoms with Crippen LogP contribution in [0.15, 0.2) is 31.0 Å². The minimum atomic E-state index is -0.310. The van der Waals surface area contributed by atoms with Crippen LogP contribution in [0.4, 0.5) is 0 Å². The highest BCUT2D eigenvalue weighted by Gasteiger charge is 2.45. The molecular weight excluding hydrogens is 326 g/mol. The van der Waals surface area contributed by atoms with Crippen molar-refractivity contribution in [2.24, 2.45) is 5.92 Å². The smallest absolute Gasteiger partial charge is 0.181 e. The molecule has 4 rings (SSSR count). The number of aromatic nitrogens is 5. The second-order valence-corrected chi connectivity index (χ2v) is 6.43. The van der Waals surface area contributed by atoms with Crippen molar-refractivity contribution >= 4 is 17.2 Å². The number of fused-ring (bicyclic) bond motifs is 1. The number of nitriles is 2. The molecule has 0 aliphatic heterocycles. The van der Waals surface area contributed by atoms with E-state index in [1.54, 1.807) is 10.7 Å². The summed E-state index contributed by atoms with van der Waals surface area (Å²) in [5, 5.41) is 22.6. The zero-order chi connectivity index (χ0) is 16.7. The van der Waals surface area contributed by atoms with Crippen LogP contribution in [0.2, 0.25) is 5.15 Å². The van der Waals surface area contributed by atoms with Crippen LogP contribution in [0, 0.1) is 28.6 Å². The van der Waals surface area contributed by atoms with Gasteiger partial charge in [-0.2, -0.15) is 15.6 Å². The zero-order valence-electron chi connectivity index (χ0n) is 12.6. The maximum absolute atomic E-state index is 9.16. The number of hydrogen-bond acceptors (Lipinski definition) is 5. The van der Waals surface area contributed by atoms with Gasteiger partial charge in [0.1, 0.15) is 17.2 Å². The fraction of sp³-hybridized carbons (Fsp3) is 0.312. The van der Waals surface area contributed by atoms with Gasteiger partial charge < -0.3 is 4.57 Å². The Hall–Kier alpha value is -2.90. The first-order valence-corrected chi connectivity index (χ1v) is 7.84. The first-order valence-electron chi connectivity index (χ1n) is 7.46. The Kier molecular flexibility index (Phi) is 3.26. The van der Waals surface area contributed by atoms with Crippen LogP contribution in [0.3, 0.4) is 0 Å². The van der Waals surface area contributed by atoms with Crippen LogP contribution >= 0.6 is 11.6 Å². The van der Waals surface area contributed by atoms with Gasteiger partial charge in [-0.25, -0.2) is 14.5 Å². The predicted octanol–water partition coefficient (Wildman–Crippen LogP) is 2.79. The summed E-state index contributed by atoms with van der Waals surface area (Å²) in [5.74, 6) is 0.0108. The van der Waals surface area contributed by atoms with Crippen molar-refractivity contribution in [1.82, 2.24) is 24.1 Å². The summed E-state index contributed by atoms with van der Waals surface area (Å²) in [6, 6.07) is 6.44. The monoisotopic (exact) mass is 337 g/mol. The molecule has 0 atom stereocenters. The molecule has 1 aliphatic rings. The molecule has 0 amide bonds. The molecule has 0 unspecified atom stereocenters. The number of hydrogen-bond donors (Lipinski definition) is 0. The third-order valence-corrected chi connectivity index (χ3v) is 4.77. The van der Waals surface area contributed by atoms with Gasteiger partial charge in [0, 0.05) is 18.0 Å². The van der Waals surface area contributed by atoms with Gasteiger partial charge in [0.05, 0.1) is 36.2 Å². The fourth-order valence-corrected chi connectivity index (χ4v) is 3.55. The molecule has 0 bridgehead atoms. The molecule has 1 aliphatic carbocycles. The van der Waals surface area contributed by atoms with E-state index in [4.69, 9.17) is 22.1 Å². The van der Waals surface area contributed by atoms with E-state index in [1.165, 1.54) is 6.33 Å². The van der Waals surface area contributed by atoms with Crippen molar-refractivity contribution in [3.8, 4) is 23.4 Å². The van der Waals surface area contributed by atoms with Gasteiger partial charge in [0.2, 0.25) is 0 Å². The second kappa shape index (κ2) is 5.33. The minimum absolute atomic E-state index is 0.0108. The van der Waals surface area contributed by atoms with E-state index in [-0.39, 0.29) is 11.5 Å². The van der Waals surface area contributed by atoms with E-state index in [1.807, 2.05) is 23.0 Å². The highest BCUT2D eigenvalue weighted by molar-refractivity contribution is 6.29. The third kappa shape index (κ3) is 2.14. The molecule has 0 aromatic carbocycles. The van der Waals surface area contributed by atoms with Crippen LogP contribution in [-0.2, 0) is 5.54 Å². The number of rotatable bonds is 3. The maximum atomic E-state index is 9.16. The summed E-state index contributed by atoms with van der Waals surface area (Å²) in [5.41, 5.74) is 1.81. The largest absolute Gasteiger partial charge is 0.346 e. The van der Waals surface area contributed by atoms with Crippen LogP contribution in [0.5, 0.6) is 0 Å². The van der Waals surface area contributed by atoms with Crippen molar-refractivity contribution in [3.63, 3.8) is 0 Å². The van der Waals surface area contributed by atoms with Crippen LogP contribution in [-0.4, -0.2) is 24.1 Å². The van der Waals surface area contributed by atoms with Gasteiger partial charge in [0.15, 0.2) is 5.65 Å². The lowest BCUT2D eigenvalue weighted by Crippen LogP contribution is -2.45. The fourth-order valence-electron chi connectivity index (χ4n) is 3.37. The summed E-state index contributed by atoms with van der Waals surface area (Å²) in [6.45, 7) is 0. The summed E-state index contributed by atoms with van der Waals surface area (Å²) < 4.78 is 3.61. The third-order valence-electron chi connectivity index (χ3n) is 4.59. The first-order chi connectivity index (χ1) is 11.6. The SMILES string of the molecule is N#CC[C@]1(n2ccc(-c3nc(Cl)cn4ncnc34)c2)C[C@H](C#N)C1. The Morgan fingerprint density at radius 3 is 2.92 bits per heavy atom.